The summed E-state index contributed by atoms with van der Waals surface area (Å²) in [6.07, 6.45) is 3.22. The number of carbonyl (C=O) groups is 3. The first-order valence-corrected chi connectivity index (χ1v) is 6.95. The van der Waals surface area contributed by atoms with E-state index < -0.39 is 17.9 Å². The molecule has 1 unspecified atom stereocenters. The number of primary amides is 1. The maximum atomic E-state index is 12.0. The number of amides is 2. The van der Waals surface area contributed by atoms with Crippen LogP contribution in [0.2, 0.25) is 0 Å². The van der Waals surface area contributed by atoms with Gasteiger partial charge in [-0.3, -0.25) is 9.59 Å². The maximum Gasteiger partial charge on any atom is 0.326 e. The van der Waals surface area contributed by atoms with Gasteiger partial charge in [-0.1, -0.05) is 0 Å². The number of nitrogens with one attached hydrogen (secondary N) is 1. The highest BCUT2D eigenvalue weighted by atomic mass is 16.4. The van der Waals surface area contributed by atoms with Crippen molar-refractivity contribution < 1.29 is 19.5 Å². The Balaban J connectivity index is 2.45. The van der Waals surface area contributed by atoms with Gasteiger partial charge in [0.05, 0.1) is 0 Å². The number of carbonyl (C=O) groups excluding carboxylic acids is 2. The Bertz CT molecular complexity index is 365. The summed E-state index contributed by atoms with van der Waals surface area (Å²) in [6, 6.07) is -1.05. The molecule has 20 heavy (non-hydrogen) atoms. The van der Waals surface area contributed by atoms with Crippen molar-refractivity contribution >= 4 is 17.8 Å². The van der Waals surface area contributed by atoms with Gasteiger partial charge in [-0.15, -0.1) is 0 Å². The lowest BCUT2D eigenvalue weighted by Gasteiger charge is -2.27. The minimum Gasteiger partial charge on any atom is -0.480 e. The van der Waals surface area contributed by atoms with Gasteiger partial charge in [0.25, 0.3) is 0 Å². The van der Waals surface area contributed by atoms with Crippen LogP contribution in [0.3, 0.4) is 0 Å². The third-order valence-corrected chi connectivity index (χ3v) is 3.84. The molecule has 1 rings (SSSR count). The zero-order chi connectivity index (χ0) is 15.1. The first-order valence-electron chi connectivity index (χ1n) is 6.95. The Morgan fingerprint density at radius 2 is 1.80 bits per heavy atom. The number of nitrogens with two attached hydrogens (primary N) is 2. The predicted octanol–water partition coefficient (Wildman–Crippen LogP) is -0.414. The summed E-state index contributed by atoms with van der Waals surface area (Å²) in [7, 11) is 0. The van der Waals surface area contributed by atoms with Crippen LogP contribution in [0.1, 0.15) is 38.5 Å². The van der Waals surface area contributed by atoms with Gasteiger partial charge in [0.15, 0.2) is 0 Å². The summed E-state index contributed by atoms with van der Waals surface area (Å²) >= 11 is 0. The van der Waals surface area contributed by atoms with E-state index in [9.17, 15) is 14.4 Å². The molecule has 1 aliphatic carbocycles. The van der Waals surface area contributed by atoms with E-state index in [-0.39, 0.29) is 24.7 Å². The second-order valence-electron chi connectivity index (χ2n) is 5.36. The van der Waals surface area contributed by atoms with Crippen molar-refractivity contribution in [2.24, 2.45) is 23.3 Å². The normalized spacial score (nSPS) is 23.9. The SMILES string of the molecule is NCC1CCC(C(=O)NC(CCC(N)=O)C(=O)O)CC1. The Morgan fingerprint density at radius 1 is 1.20 bits per heavy atom. The monoisotopic (exact) mass is 285 g/mol. The number of hydrogen-bond acceptors (Lipinski definition) is 4. The van der Waals surface area contributed by atoms with Crippen molar-refractivity contribution in [2.45, 2.75) is 44.6 Å². The second kappa shape index (κ2) is 7.84. The molecule has 0 aromatic carbocycles. The van der Waals surface area contributed by atoms with E-state index >= 15 is 0 Å². The Hall–Kier alpha value is -1.63. The topological polar surface area (TPSA) is 136 Å². The van der Waals surface area contributed by atoms with Gasteiger partial charge in [-0.05, 0) is 44.6 Å². The number of rotatable bonds is 7. The van der Waals surface area contributed by atoms with E-state index in [2.05, 4.69) is 5.32 Å². The summed E-state index contributed by atoms with van der Waals surface area (Å²) in [6.45, 7) is 0.630. The van der Waals surface area contributed by atoms with Crippen LogP contribution in [0.5, 0.6) is 0 Å². The number of carboxylic acids is 1. The molecule has 2 amide bonds. The van der Waals surface area contributed by atoms with Crippen LogP contribution in [0.25, 0.3) is 0 Å². The van der Waals surface area contributed by atoms with E-state index in [1.54, 1.807) is 0 Å². The molecule has 114 valence electrons. The highest BCUT2D eigenvalue weighted by Crippen LogP contribution is 2.28. The van der Waals surface area contributed by atoms with Crippen LogP contribution >= 0.6 is 0 Å². The molecule has 0 spiro atoms. The Kier molecular flexibility index (Phi) is 6.44. The van der Waals surface area contributed by atoms with Crippen molar-refractivity contribution in [3.05, 3.63) is 0 Å². The Morgan fingerprint density at radius 3 is 2.25 bits per heavy atom. The molecule has 1 saturated carbocycles. The molecule has 0 bridgehead atoms. The molecule has 0 aromatic heterocycles. The number of carboxylic acid groups (broad SMARTS) is 1. The molecule has 1 atom stereocenters. The van der Waals surface area contributed by atoms with Crippen molar-refractivity contribution in [3.63, 3.8) is 0 Å². The number of aliphatic carboxylic acids is 1. The summed E-state index contributed by atoms with van der Waals surface area (Å²) in [5.74, 6) is -1.67. The smallest absolute Gasteiger partial charge is 0.326 e. The molecule has 7 nitrogen and oxygen atoms in total. The molecular weight excluding hydrogens is 262 g/mol. The van der Waals surface area contributed by atoms with Gasteiger partial charge in [0, 0.05) is 12.3 Å². The highest BCUT2D eigenvalue weighted by Gasteiger charge is 2.28. The van der Waals surface area contributed by atoms with Crippen LogP contribution in [0.4, 0.5) is 0 Å². The largest absolute Gasteiger partial charge is 0.480 e. The summed E-state index contributed by atoms with van der Waals surface area (Å²) in [4.78, 5) is 33.8. The summed E-state index contributed by atoms with van der Waals surface area (Å²) in [5, 5.41) is 11.5. The standard InChI is InChI=1S/C13H23N3O4/c14-7-8-1-3-9(4-2-8)12(18)16-10(13(19)20)5-6-11(15)17/h8-10H,1-7,14H2,(H2,15,17)(H,16,18)(H,19,20). The van der Waals surface area contributed by atoms with Crippen molar-refractivity contribution in [3.8, 4) is 0 Å². The Labute approximate surface area is 118 Å². The molecule has 6 N–H and O–H groups in total. The van der Waals surface area contributed by atoms with Crippen LogP contribution < -0.4 is 16.8 Å². The van der Waals surface area contributed by atoms with Crippen LogP contribution in [0.15, 0.2) is 0 Å². The van der Waals surface area contributed by atoms with E-state index in [0.29, 0.717) is 12.5 Å². The average Bonchev–Trinajstić information content (AvgIpc) is 2.42. The van der Waals surface area contributed by atoms with Gasteiger partial charge < -0.3 is 21.9 Å². The minimum absolute atomic E-state index is 0.0224. The second-order valence-corrected chi connectivity index (χ2v) is 5.36. The lowest BCUT2D eigenvalue weighted by molar-refractivity contribution is -0.143. The lowest BCUT2D eigenvalue weighted by atomic mass is 9.81. The molecule has 0 saturated heterocycles. The molecular formula is C13H23N3O4. The van der Waals surface area contributed by atoms with E-state index in [1.807, 2.05) is 0 Å². The van der Waals surface area contributed by atoms with Gasteiger partial charge in [-0.2, -0.15) is 0 Å². The third kappa shape index (κ3) is 5.16. The molecule has 1 aliphatic rings. The van der Waals surface area contributed by atoms with E-state index in [4.69, 9.17) is 16.6 Å². The third-order valence-electron chi connectivity index (χ3n) is 3.84. The quantitative estimate of drug-likeness (QED) is 0.504. The van der Waals surface area contributed by atoms with Crippen LogP contribution in [-0.4, -0.2) is 35.5 Å². The first kappa shape index (κ1) is 16.4. The molecule has 0 radical (unpaired) electrons. The van der Waals surface area contributed by atoms with E-state index in [1.165, 1.54) is 0 Å². The lowest BCUT2D eigenvalue weighted by Crippen LogP contribution is -2.45. The maximum absolute atomic E-state index is 12.0. The molecule has 0 aromatic rings. The fourth-order valence-electron chi connectivity index (χ4n) is 2.49. The molecule has 0 aliphatic heterocycles. The minimum atomic E-state index is -1.14. The fraction of sp³-hybridized carbons (Fsp3) is 0.769. The fourth-order valence-corrected chi connectivity index (χ4v) is 2.49. The summed E-state index contributed by atoms with van der Waals surface area (Å²) in [5.41, 5.74) is 10.6. The van der Waals surface area contributed by atoms with Gasteiger partial charge >= 0.3 is 5.97 Å². The zero-order valence-electron chi connectivity index (χ0n) is 11.5. The number of hydrogen-bond donors (Lipinski definition) is 4. The molecule has 1 fully saturated rings. The van der Waals surface area contributed by atoms with Gasteiger partial charge in [0.2, 0.25) is 11.8 Å². The van der Waals surface area contributed by atoms with Crippen LogP contribution in [-0.2, 0) is 14.4 Å². The predicted molar refractivity (Wildman–Crippen MR) is 72.5 cm³/mol. The zero-order valence-corrected chi connectivity index (χ0v) is 11.5. The van der Waals surface area contributed by atoms with Crippen LogP contribution in [0, 0.1) is 11.8 Å². The van der Waals surface area contributed by atoms with Crippen molar-refractivity contribution in [2.75, 3.05) is 6.54 Å². The van der Waals surface area contributed by atoms with Gasteiger partial charge in [-0.25, -0.2) is 4.79 Å². The van der Waals surface area contributed by atoms with Crippen molar-refractivity contribution in [1.29, 1.82) is 0 Å². The summed E-state index contributed by atoms with van der Waals surface area (Å²) < 4.78 is 0. The molecule has 7 heteroatoms. The highest BCUT2D eigenvalue weighted by molar-refractivity contribution is 5.85. The van der Waals surface area contributed by atoms with Gasteiger partial charge in [0.1, 0.15) is 6.04 Å². The van der Waals surface area contributed by atoms with Crippen molar-refractivity contribution in [1.82, 2.24) is 5.32 Å². The first-order chi connectivity index (χ1) is 9.43. The van der Waals surface area contributed by atoms with E-state index in [0.717, 1.165) is 25.7 Å². The average molecular weight is 285 g/mol. The molecule has 0 heterocycles.